The molecule has 1 aromatic rings. The monoisotopic (exact) mass is 375 g/mol. The van der Waals surface area contributed by atoms with Crippen molar-refractivity contribution in [2.45, 2.75) is 26.3 Å². The van der Waals surface area contributed by atoms with E-state index in [-0.39, 0.29) is 11.8 Å². The lowest BCUT2D eigenvalue weighted by Gasteiger charge is -2.18. The average molecular weight is 376 g/mol. The van der Waals surface area contributed by atoms with Gasteiger partial charge in [-0.25, -0.2) is 0 Å². The first-order chi connectivity index (χ1) is 9.78. The lowest BCUT2D eigenvalue weighted by atomic mass is 10.0. The summed E-state index contributed by atoms with van der Waals surface area (Å²) in [7, 11) is -3.86. The summed E-state index contributed by atoms with van der Waals surface area (Å²) in [5.74, 6) is 0.184. The first kappa shape index (κ1) is 18.4. The van der Waals surface area contributed by atoms with Crippen molar-refractivity contribution in [2.24, 2.45) is 5.92 Å². The minimum Gasteiger partial charge on any atom is -0.310 e. The number of nitrogens with one attached hydrogen (secondary N) is 1. The van der Waals surface area contributed by atoms with Crippen molar-refractivity contribution in [1.82, 2.24) is 5.32 Å². The SMILES string of the molecule is CC(C)C(C=Cc1ccc(Br)cc1)NCCCS(=O)(=O)O. The summed E-state index contributed by atoms with van der Waals surface area (Å²) in [6.45, 7) is 4.76. The highest BCUT2D eigenvalue weighted by Crippen LogP contribution is 2.13. The molecule has 0 saturated carbocycles. The smallest absolute Gasteiger partial charge is 0.264 e. The number of halogens is 1. The molecular formula is C15H22BrNO3S. The van der Waals surface area contributed by atoms with Crippen molar-refractivity contribution in [2.75, 3.05) is 12.3 Å². The summed E-state index contributed by atoms with van der Waals surface area (Å²) in [6, 6.07) is 8.19. The predicted octanol–water partition coefficient (Wildman–Crippen LogP) is 3.35. The molecule has 0 aliphatic heterocycles. The normalized spacial score (nSPS) is 14.0. The maximum atomic E-state index is 10.7. The zero-order valence-electron chi connectivity index (χ0n) is 12.3. The largest absolute Gasteiger partial charge is 0.310 e. The lowest BCUT2D eigenvalue weighted by molar-refractivity contribution is 0.456. The minimum atomic E-state index is -3.86. The van der Waals surface area contributed by atoms with Crippen molar-refractivity contribution >= 4 is 32.1 Å². The van der Waals surface area contributed by atoms with E-state index in [9.17, 15) is 8.42 Å². The van der Waals surface area contributed by atoms with Crippen LogP contribution in [0.5, 0.6) is 0 Å². The fourth-order valence-corrected chi connectivity index (χ4v) is 2.61. The van der Waals surface area contributed by atoms with Crippen LogP contribution in [0.4, 0.5) is 0 Å². The Morgan fingerprint density at radius 3 is 2.43 bits per heavy atom. The van der Waals surface area contributed by atoms with Gasteiger partial charge in [-0.05, 0) is 36.6 Å². The molecule has 0 heterocycles. The maximum Gasteiger partial charge on any atom is 0.264 e. The molecular weight excluding hydrogens is 354 g/mol. The molecule has 1 aromatic carbocycles. The summed E-state index contributed by atoms with van der Waals surface area (Å²) in [5, 5.41) is 3.30. The fraction of sp³-hybridized carbons (Fsp3) is 0.467. The molecule has 0 saturated heterocycles. The second-order valence-corrected chi connectivity index (χ2v) is 7.76. The van der Waals surface area contributed by atoms with Crippen molar-refractivity contribution in [3.63, 3.8) is 0 Å². The van der Waals surface area contributed by atoms with Gasteiger partial charge in [0.15, 0.2) is 0 Å². The molecule has 0 fully saturated rings. The number of rotatable bonds is 8. The van der Waals surface area contributed by atoms with Gasteiger partial charge in [0.1, 0.15) is 0 Å². The third kappa shape index (κ3) is 8.36. The third-order valence-corrected chi connectivity index (χ3v) is 4.38. The molecule has 0 radical (unpaired) electrons. The van der Waals surface area contributed by atoms with E-state index in [1.165, 1.54) is 0 Å². The Bertz CT molecular complexity index is 553. The zero-order chi connectivity index (χ0) is 15.9. The summed E-state index contributed by atoms with van der Waals surface area (Å²) in [5.41, 5.74) is 1.11. The van der Waals surface area contributed by atoms with E-state index in [4.69, 9.17) is 4.55 Å². The fourth-order valence-electron chi connectivity index (χ4n) is 1.84. The number of hydrogen-bond donors (Lipinski definition) is 2. The van der Waals surface area contributed by atoms with Crippen LogP contribution in [0.1, 0.15) is 25.8 Å². The van der Waals surface area contributed by atoms with Crippen LogP contribution < -0.4 is 5.32 Å². The van der Waals surface area contributed by atoms with Crippen molar-refractivity contribution in [1.29, 1.82) is 0 Å². The molecule has 1 unspecified atom stereocenters. The topological polar surface area (TPSA) is 66.4 Å². The first-order valence-corrected chi connectivity index (χ1v) is 9.30. The molecule has 0 aliphatic rings. The van der Waals surface area contributed by atoms with E-state index in [2.05, 4.69) is 41.2 Å². The van der Waals surface area contributed by atoms with E-state index in [0.717, 1.165) is 10.0 Å². The zero-order valence-corrected chi connectivity index (χ0v) is 14.7. The Morgan fingerprint density at radius 1 is 1.29 bits per heavy atom. The summed E-state index contributed by atoms with van der Waals surface area (Å²) in [4.78, 5) is 0. The minimum absolute atomic E-state index is 0.162. The molecule has 21 heavy (non-hydrogen) atoms. The Morgan fingerprint density at radius 2 is 1.90 bits per heavy atom. The van der Waals surface area contributed by atoms with Gasteiger partial charge in [0, 0.05) is 10.5 Å². The van der Waals surface area contributed by atoms with Gasteiger partial charge in [0.05, 0.1) is 5.75 Å². The highest BCUT2D eigenvalue weighted by atomic mass is 79.9. The van der Waals surface area contributed by atoms with E-state index >= 15 is 0 Å². The highest BCUT2D eigenvalue weighted by molar-refractivity contribution is 9.10. The molecule has 1 atom stereocenters. The van der Waals surface area contributed by atoms with Gasteiger partial charge in [0.25, 0.3) is 10.1 Å². The quantitative estimate of drug-likeness (QED) is 0.539. The van der Waals surface area contributed by atoms with Gasteiger partial charge in [-0.1, -0.05) is 54.1 Å². The third-order valence-electron chi connectivity index (χ3n) is 3.04. The molecule has 1 rings (SSSR count). The molecule has 0 aliphatic carbocycles. The number of benzene rings is 1. The number of hydrogen-bond acceptors (Lipinski definition) is 3. The van der Waals surface area contributed by atoms with Gasteiger partial charge in [-0.15, -0.1) is 0 Å². The average Bonchev–Trinajstić information content (AvgIpc) is 2.38. The summed E-state index contributed by atoms with van der Waals surface area (Å²) < 4.78 is 31.1. The van der Waals surface area contributed by atoms with Crippen LogP contribution in [0.15, 0.2) is 34.8 Å². The first-order valence-electron chi connectivity index (χ1n) is 6.90. The Hall–Kier alpha value is -0.690. The van der Waals surface area contributed by atoms with E-state index in [0.29, 0.717) is 18.9 Å². The Labute approximate surface area is 135 Å². The van der Waals surface area contributed by atoms with Gasteiger partial charge >= 0.3 is 0 Å². The molecule has 4 nitrogen and oxygen atoms in total. The van der Waals surface area contributed by atoms with Crippen molar-refractivity contribution in [3.8, 4) is 0 Å². The van der Waals surface area contributed by atoms with Crippen LogP contribution in [0.2, 0.25) is 0 Å². The Balaban J connectivity index is 2.51. The maximum absolute atomic E-state index is 10.7. The summed E-state index contributed by atoms with van der Waals surface area (Å²) >= 11 is 3.40. The van der Waals surface area contributed by atoms with Gasteiger partial charge < -0.3 is 5.32 Å². The molecule has 0 spiro atoms. The van der Waals surface area contributed by atoms with Crippen molar-refractivity contribution in [3.05, 3.63) is 40.4 Å². The van der Waals surface area contributed by atoms with Gasteiger partial charge in [-0.2, -0.15) is 8.42 Å². The lowest BCUT2D eigenvalue weighted by Crippen LogP contribution is -2.33. The van der Waals surface area contributed by atoms with Gasteiger partial charge in [-0.3, -0.25) is 4.55 Å². The second kappa shape index (κ2) is 8.68. The van der Waals surface area contributed by atoms with Crippen LogP contribution in [-0.2, 0) is 10.1 Å². The van der Waals surface area contributed by atoms with E-state index < -0.39 is 10.1 Å². The van der Waals surface area contributed by atoms with Crippen LogP contribution in [-0.4, -0.2) is 31.3 Å². The Kier molecular flexibility index (Phi) is 7.59. The predicted molar refractivity (Wildman–Crippen MR) is 90.8 cm³/mol. The molecule has 0 amide bonds. The van der Waals surface area contributed by atoms with Crippen LogP contribution in [0.3, 0.4) is 0 Å². The molecule has 0 aromatic heterocycles. The molecule has 6 heteroatoms. The van der Waals surface area contributed by atoms with Crippen molar-refractivity contribution < 1.29 is 13.0 Å². The van der Waals surface area contributed by atoms with Crippen LogP contribution in [0.25, 0.3) is 6.08 Å². The van der Waals surface area contributed by atoms with E-state index in [1.807, 2.05) is 30.3 Å². The van der Waals surface area contributed by atoms with E-state index in [1.54, 1.807) is 0 Å². The molecule has 2 N–H and O–H groups in total. The molecule has 118 valence electrons. The summed E-state index contributed by atoms with van der Waals surface area (Å²) in [6.07, 6.45) is 4.53. The van der Waals surface area contributed by atoms with Crippen LogP contribution in [0, 0.1) is 5.92 Å². The standard InChI is InChI=1S/C15H22BrNO3S/c1-12(2)15(17-10-3-11-21(18,19)20)9-6-13-4-7-14(16)8-5-13/h4-9,12,15,17H,3,10-11H2,1-2H3,(H,18,19,20). The van der Waals surface area contributed by atoms with Crippen LogP contribution >= 0.6 is 15.9 Å². The van der Waals surface area contributed by atoms with Gasteiger partial charge in [0.2, 0.25) is 0 Å². The second-order valence-electron chi connectivity index (χ2n) is 5.27. The molecule has 0 bridgehead atoms. The highest BCUT2D eigenvalue weighted by Gasteiger charge is 2.10.